The highest BCUT2D eigenvalue weighted by Crippen LogP contribution is 2.23. The van der Waals surface area contributed by atoms with E-state index < -0.39 is 20.0 Å². The first-order valence-electron chi connectivity index (χ1n) is 6.07. The molecule has 0 aliphatic rings. The maximum atomic E-state index is 11.9. The fourth-order valence-electron chi connectivity index (χ4n) is 1.51. The highest BCUT2D eigenvalue weighted by molar-refractivity contribution is 7.89. The third kappa shape index (κ3) is 4.56. The SMILES string of the molecule is CNS(=O)(=O)c1cc(N)ccc1NCCS(=O)(=O)N(C)C. The van der Waals surface area contributed by atoms with Gasteiger partial charge in [0.05, 0.1) is 11.4 Å². The van der Waals surface area contributed by atoms with Gasteiger partial charge in [-0.2, -0.15) is 0 Å². The van der Waals surface area contributed by atoms with Gasteiger partial charge in [0.2, 0.25) is 20.0 Å². The van der Waals surface area contributed by atoms with E-state index in [0.717, 1.165) is 4.31 Å². The van der Waals surface area contributed by atoms with Crippen LogP contribution in [0.3, 0.4) is 0 Å². The summed E-state index contributed by atoms with van der Waals surface area (Å²) in [6.07, 6.45) is 0. The van der Waals surface area contributed by atoms with Gasteiger partial charge in [0.1, 0.15) is 4.90 Å². The van der Waals surface area contributed by atoms with Gasteiger partial charge >= 0.3 is 0 Å². The predicted octanol–water partition coefficient (Wildman–Crippen LogP) is -0.520. The zero-order chi connectivity index (χ0) is 16.3. The zero-order valence-corrected chi connectivity index (χ0v) is 13.8. The van der Waals surface area contributed by atoms with Crippen molar-refractivity contribution in [3.63, 3.8) is 0 Å². The second kappa shape index (κ2) is 6.60. The minimum absolute atomic E-state index is 0.0211. The van der Waals surface area contributed by atoms with E-state index in [4.69, 9.17) is 5.73 Å². The average Bonchev–Trinajstić information content (AvgIpc) is 2.40. The Morgan fingerprint density at radius 3 is 2.33 bits per heavy atom. The summed E-state index contributed by atoms with van der Waals surface area (Å²) in [6.45, 7) is 0.0800. The molecule has 0 aliphatic carbocycles. The van der Waals surface area contributed by atoms with E-state index in [9.17, 15) is 16.8 Å². The van der Waals surface area contributed by atoms with Crippen LogP contribution in [-0.2, 0) is 20.0 Å². The van der Waals surface area contributed by atoms with Gasteiger partial charge in [-0.05, 0) is 25.2 Å². The van der Waals surface area contributed by atoms with Crippen LogP contribution >= 0.6 is 0 Å². The monoisotopic (exact) mass is 336 g/mol. The summed E-state index contributed by atoms with van der Waals surface area (Å²) < 4.78 is 50.4. The molecule has 21 heavy (non-hydrogen) atoms. The van der Waals surface area contributed by atoms with E-state index in [1.807, 2.05) is 0 Å². The molecule has 0 aliphatic heterocycles. The fraction of sp³-hybridized carbons (Fsp3) is 0.455. The van der Waals surface area contributed by atoms with E-state index in [1.54, 1.807) is 0 Å². The molecule has 0 aromatic heterocycles. The third-order valence-electron chi connectivity index (χ3n) is 2.80. The zero-order valence-electron chi connectivity index (χ0n) is 12.1. The number of sulfonamides is 2. The number of benzene rings is 1. The molecule has 0 fully saturated rings. The topological polar surface area (TPSA) is 122 Å². The van der Waals surface area contributed by atoms with Crippen molar-refractivity contribution in [2.24, 2.45) is 0 Å². The quantitative estimate of drug-likeness (QED) is 0.576. The molecule has 0 amide bonds. The van der Waals surface area contributed by atoms with E-state index in [-0.39, 0.29) is 17.2 Å². The average molecular weight is 336 g/mol. The number of nitrogens with one attached hydrogen (secondary N) is 2. The summed E-state index contributed by atoms with van der Waals surface area (Å²) in [5, 5.41) is 2.81. The number of rotatable bonds is 7. The van der Waals surface area contributed by atoms with Crippen LogP contribution in [0.5, 0.6) is 0 Å². The van der Waals surface area contributed by atoms with Crippen molar-refractivity contribution in [1.29, 1.82) is 0 Å². The Morgan fingerprint density at radius 1 is 1.19 bits per heavy atom. The summed E-state index contributed by atoms with van der Waals surface area (Å²) in [5.41, 5.74) is 6.19. The van der Waals surface area contributed by atoms with Crippen LogP contribution in [0.4, 0.5) is 11.4 Å². The van der Waals surface area contributed by atoms with E-state index >= 15 is 0 Å². The number of hydrogen-bond acceptors (Lipinski definition) is 6. The maximum Gasteiger partial charge on any atom is 0.242 e. The molecule has 120 valence electrons. The predicted molar refractivity (Wildman–Crippen MR) is 83.1 cm³/mol. The van der Waals surface area contributed by atoms with Gasteiger partial charge in [-0.3, -0.25) is 0 Å². The van der Waals surface area contributed by atoms with E-state index in [1.165, 1.54) is 39.3 Å². The highest BCUT2D eigenvalue weighted by atomic mass is 32.2. The normalized spacial score (nSPS) is 12.6. The first kappa shape index (κ1) is 17.7. The molecule has 1 rings (SSSR count). The molecule has 8 nitrogen and oxygen atoms in total. The second-order valence-corrected chi connectivity index (χ2v) is 8.65. The Labute approximate surface area is 125 Å². The minimum atomic E-state index is -3.69. The lowest BCUT2D eigenvalue weighted by atomic mass is 10.3. The lowest BCUT2D eigenvalue weighted by Gasteiger charge is -2.15. The Morgan fingerprint density at radius 2 is 1.81 bits per heavy atom. The van der Waals surface area contributed by atoms with Crippen molar-refractivity contribution < 1.29 is 16.8 Å². The molecule has 0 saturated heterocycles. The van der Waals surface area contributed by atoms with Gasteiger partial charge in [-0.15, -0.1) is 0 Å². The maximum absolute atomic E-state index is 11.9. The molecule has 10 heteroatoms. The molecule has 0 unspecified atom stereocenters. The Balaban J connectivity index is 2.96. The highest BCUT2D eigenvalue weighted by Gasteiger charge is 2.18. The van der Waals surface area contributed by atoms with Crippen LogP contribution in [0.1, 0.15) is 0 Å². The molecule has 1 aromatic carbocycles. The first-order valence-corrected chi connectivity index (χ1v) is 9.16. The van der Waals surface area contributed by atoms with Crippen LogP contribution < -0.4 is 15.8 Å². The largest absolute Gasteiger partial charge is 0.399 e. The first-order chi connectivity index (χ1) is 9.60. The standard InChI is InChI=1S/C11H20N4O4S2/c1-13-21(18,19)11-8-9(12)4-5-10(11)14-6-7-20(16,17)15(2)3/h4-5,8,13-14H,6-7,12H2,1-3H3. The molecular weight excluding hydrogens is 316 g/mol. The molecule has 0 heterocycles. The number of nitrogens with two attached hydrogens (primary N) is 1. The van der Waals surface area contributed by atoms with Crippen LogP contribution in [0, 0.1) is 0 Å². The van der Waals surface area contributed by atoms with Crippen molar-refractivity contribution >= 4 is 31.4 Å². The van der Waals surface area contributed by atoms with E-state index in [2.05, 4.69) is 10.0 Å². The summed E-state index contributed by atoms with van der Waals surface area (Å²) >= 11 is 0. The lowest BCUT2D eigenvalue weighted by Crippen LogP contribution is -2.29. The summed E-state index contributed by atoms with van der Waals surface area (Å²) in [5.74, 6) is -0.149. The van der Waals surface area contributed by atoms with Gasteiger partial charge in [-0.1, -0.05) is 0 Å². The Hall–Kier alpha value is -1.36. The van der Waals surface area contributed by atoms with Gasteiger partial charge in [0.15, 0.2) is 0 Å². The van der Waals surface area contributed by atoms with Crippen LogP contribution in [0.25, 0.3) is 0 Å². The number of nitrogens with zero attached hydrogens (tertiary/aromatic N) is 1. The smallest absolute Gasteiger partial charge is 0.242 e. The van der Waals surface area contributed by atoms with Gasteiger partial charge < -0.3 is 11.1 Å². The van der Waals surface area contributed by atoms with Crippen molar-refractivity contribution in [1.82, 2.24) is 9.03 Å². The molecule has 0 atom stereocenters. The summed E-state index contributed by atoms with van der Waals surface area (Å²) in [7, 11) is -2.86. The minimum Gasteiger partial charge on any atom is -0.399 e. The molecule has 0 bridgehead atoms. The van der Waals surface area contributed by atoms with Gasteiger partial charge in [0.25, 0.3) is 0 Å². The fourth-order valence-corrected chi connectivity index (χ4v) is 3.18. The molecule has 0 saturated carbocycles. The summed E-state index contributed by atoms with van der Waals surface area (Å²) in [6, 6.07) is 4.36. The number of hydrogen-bond donors (Lipinski definition) is 3. The molecule has 1 aromatic rings. The number of anilines is 2. The van der Waals surface area contributed by atoms with Crippen LogP contribution in [0.15, 0.2) is 23.1 Å². The lowest BCUT2D eigenvalue weighted by molar-refractivity contribution is 0.521. The van der Waals surface area contributed by atoms with Crippen molar-refractivity contribution in [3.8, 4) is 0 Å². The molecule has 0 radical (unpaired) electrons. The Kier molecular flexibility index (Phi) is 5.56. The number of nitrogen functional groups attached to an aromatic ring is 1. The molecular formula is C11H20N4O4S2. The van der Waals surface area contributed by atoms with Crippen LogP contribution in [0.2, 0.25) is 0 Å². The molecule has 0 spiro atoms. The van der Waals surface area contributed by atoms with Crippen molar-refractivity contribution in [2.75, 3.05) is 44.5 Å². The summed E-state index contributed by atoms with van der Waals surface area (Å²) in [4.78, 5) is -0.0211. The van der Waals surface area contributed by atoms with Crippen LogP contribution in [-0.4, -0.2) is 54.6 Å². The molecule has 4 N–H and O–H groups in total. The second-order valence-electron chi connectivity index (χ2n) is 4.49. The van der Waals surface area contributed by atoms with Crippen molar-refractivity contribution in [2.45, 2.75) is 4.90 Å². The van der Waals surface area contributed by atoms with E-state index in [0.29, 0.717) is 11.4 Å². The van der Waals surface area contributed by atoms with Gasteiger partial charge in [-0.25, -0.2) is 25.9 Å². The Bertz CT molecular complexity index is 699. The third-order valence-corrected chi connectivity index (χ3v) is 6.08. The van der Waals surface area contributed by atoms with Gasteiger partial charge in [0, 0.05) is 26.3 Å². The van der Waals surface area contributed by atoms with Crippen molar-refractivity contribution in [3.05, 3.63) is 18.2 Å².